The van der Waals surface area contributed by atoms with Crippen LogP contribution in [-0.2, 0) is 5.41 Å². The molecule has 3 nitrogen and oxygen atoms in total. The van der Waals surface area contributed by atoms with E-state index in [1.807, 2.05) is 12.1 Å². The lowest BCUT2D eigenvalue weighted by molar-refractivity contribution is 0.0782. The van der Waals surface area contributed by atoms with Gasteiger partial charge in [0.05, 0.1) is 12.1 Å². The second kappa shape index (κ2) is 3.29. The van der Waals surface area contributed by atoms with E-state index in [0.717, 1.165) is 25.1 Å². The molecule has 3 N–H and O–H groups in total. The van der Waals surface area contributed by atoms with Crippen molar-refractivity contribution in [2.75, 3.05) is 20.1 Å². The summed E-state index contributed by atoms with van der Waals surface area (Å²) < 4.78 is 0. The second-order valence-corrected chi connectivity index (χ2v) is 5.20. The molecule has 0 radical (unpaired) electrons. The molecule has 1 heterocycles. The quantitative estimate of drug-likeness (QED) is 0.671. The summed E-state index contributed by atoms with van der Waals surface area (Å²) in [6.07, 6.45) is 0.574. The van der Waals surface area contributed by atoms with Crippen molar-refractivity contribution in [3.8, 4) is 0 Å². The van der Waals surface area contributed by atoms with Crippen molar-refractivity contribution in [3.63, 3.8) is 0 Å². The van der Waals surface area contributed by atoms with Crippen molar-refractivity contribution in [3.05, 3.63) is 35.4 Å². The van der Waals surface area contributed by atoms with Gasteiger partial charge in [0.2, 0.25) is 0 Å². The minimum Gasteiger partial charge on any atom is -0.390 e. The van der Waals surface area contributed by atoms with Crippen LogP contribution in [0.1, 0.15) is 23.6 Å². The van der Waals surface area contributed by atoms with Crippen molar-refractivity contribution < 1.29 is 5.11 Å². The fraction of sp³-hybridized carbons (Fsp3) is 0.538. The molecule has 1 spiro atoms. The van der Waals surface area contributed by atoms with Crippen LogP contribution in [0.4, 0.5) is 0 Å². The molecule has 86 valence electrons. The summed E-state index contributed by atoms with van der Waals surface area (Å²) in [5.41, 5.74) is 8.39. The van der Waals surface area contributed by atoms with Crippen LogP contribution >= 0.6 is 0 Å². The summed E-state index contributed by atoms with van der Waals surface area (Å²) in [4.78, 5) is 2.28. The van der Waals surface area contributed by atoms with E-state index < -0.39 is 6.10 Å². The van der Waals surface area contributed by atoms with E-state index >= 15 is 0 Å². The summed E-state index contributed by atoms with van der Waals surface area (Å²) in [5.74, 6) is 0. The van der Waals surface area contributed by atoms with Gasteiger partial charge in [-0.05, 0) is 31.1 Å². The minimum absolute atomic E-state index is 0.120. The van der Waals surface area contributed by atoms with Gasteiger partial charge in [-0.15, -0.1) is 0 Å². The minimum atomic E-state index is -0.435. The number of likely N-dealkylation sites (N-methyl/N-ethyl adjacent to an activating group) is 1. The van der Waals surface area contributed by atoms with Gasteiger partial charge in [-0.25, -0.2) is 0 Å². The maximum absolute atomic E-state index is 10.4. The summed E-state index contributed by atoms with van der Waals surface area (Å²) in [6, 6.07) is 8.01. The molecule has 1 aromatic rings. The van der Waals surface area contributed by atoms with Crippen LogP contribution in [0.5, 0.6) is 0 Å². The van der Waals surface area contributed by atoms with Crippen molar-refractivity contribution in [2.24, 2.45) is 5.73 Å². The van der Waals surface area contributed by atoms with Gasteiger partial charge >= 0.3 is 0 Å². The molecular formula is C13H18N2O. The molecule has 3 heteroatoms. The fourth-order valence-corrected chi connectivity index (χ4v) is 3.41. The van der Waals surface area contributed by atoms with Gasteiger partial charge in [0.1, 0.15) is 0 Å². The van der Waals surface area contributed by atoms with E-state index in [2.05, 4.69) is 24.1 Å². The highest BCUT2D eigenvalue weighted by atomic mass is 16.3. The van der Waals surface area contributed by atoms with Crippen LogP contribution < -0.4 is 5.73 Å². The predicted octanol–water partition coefficient (Wildman–Crippen LogP) is 0.634. The number of nitrogens with two attached hydrogens (primary N) is 1. The maximum Gasteiger partial charge on any atom is 0.0842 e. The summed E-state index contributed by atoms with van der Waals surface area (Å²) in [6.45, 7) is 1.96. The van der Waals surface area contributed by atoms with Gasteiger partial charge in [-0.2, -0.15) is 0 Å². The Kier molecular flexibility index (Phi) is 2.11. The van der Waals surface area contributed by atoms with Gasteiger partial charge in [0.15, 0.2) is 0 Å². The van der Waals surface area contributed by atoms with Crippen LogP contribution in [-0.4, -0.2) is 36.2 Å². The molecule has 3 rings (SSSR count). The zero-order valence-electron chi connectivity index (χ0n) is 9.56. The van der Waals surface area contributed by atoms with Crippen LogP contribution in [0.25, 0.3) is 0 Å². The number of likely N-dealkylation sites (tertiary alicyclic amines) is 1. The lowest BCUT2D eigenvalue weighted by atomic mass is 9.79. The van der Waals surface area contributed by atoms with E-state index in [-0.39, 0.29) is 11.5 Å². The topological polar surface area (TPSA) is 49.5 Å². The third-order valence-corrected chi connectivity index (χ3v) is 4.25. The normalized spacial score (nSPS) is 38.2. The molecule has 0 saturated carbocycles. The smallest absolute Gasteiger partial charge is 0.0842 e. The Bertz CT molecular complexity index is 420. The van der Waals surface area contributed by atoms with Gasteiger partial charge in [-0.1, -0.05) is 24.3 Å². The molecule has 1 aliphatic heterocycles. The summed E-state index contributed by atoms with van der Waals surface area (Å²) in [5, 5.41) is 10.4. The number of fused-ring (bicyclic) bond motifs is 2. The van der Waals surface area contributed by atoms with Crippen molar-refractivity contribution in [2.45, 2.75) is 24.0 Å². The Morgan fingerprint density at radius 3 is 2.88 bits per heavy atom. The Labute approximate surface area is 95.9 Å². The standard InChI is InChI=1S/C13H18N2O/c1-15-7-6-13(8-15)10-5-3-2-4-9(10)11(14)12(13)16/h2-5,11-12,16H,6-8,14H2,1H3/t11-,12-,13?/m1/s1. The highest BCUT2D eigenvalue weighted by Crippen LogP contribution is 2.48. The first-order valence-corrected chi connectivity index (χ1v) is 5.87. The number of benzene rings is 1. The molecule has 1 aromatic carbocycles. The highest BCUT2D eigenvalue weighted by Gasteiger charge is 2.52. The Hall–Kier alpha value is -0.900. The van der Waals surface area contributed by atoms with E-state index in [4.69, 9.17) is 5.73 Å². The molecule has 0 aromatic heterocycles. The van der Waals surface area contributed by atoms with Crippen LogP contribution in [0, 0.1) is 0 Å². The highest BCUT2D eigenvalue weighted by molar-refractivity contribution is 5.45. The zero-order valence-corrected chi connectivity index (χ0v) is 9.56. The number of aliphatic hydroxyl groups is 1. The van der Waals surface area contributed by atoms with E-state index in [9.17, 15) is 5.11 Å². The first-order chi connectivity index (χ1) is 7.65. The van der Waals surface area contributed by atoms with Crippen molar-refractivity contribution in [1.29, 1.82) is 0 Å². The number of aliphatic hydroxyl groups excluding tert-OH is 1. The van der Waals surface area contributed by atoms with Crippen molar-refractivity contribution >= 4 is 0 Å². The monoisotopic (exact) mass is 218 g/mol. The SMILES string of the molecule is CN1CCC2(C1)c1ccccc1[C@@H](N)[C@H]2O. The number of hydrogen-bond acceptors (Lipinski definition) is 3. The second-order valence-electron chi connectivity index (χ2n) is 5.20. The van der Waals surface area contributed by atoms with E-state index in [0.29, 0.717) is 0 Å². The molecule has 2 aliphatic rings. The largest absolute Gasteiger partial charge is 0.390 e. The summed E-state index contributed by atoms with van der Waals surface area (Å²) >= 11 is 0. The number of rotatable bonds is 0. The van der Waals surface area contributed by atoms with Crippen molar-refractivity contribution in [1.82, 2.24) is 4.90 Å². The third kappa shape index (κ3) is 1.14. The number of hydrogen-bond donors (Lipinski definition) is 2. The first-order valence-electron chi connectivity index (χ1n) is 5.87. The van der Waals surface area contributed by atoms with Gasteiger partial charge < -0.3 is 15.7 Å². The molecule has 16 heavy (non-hydrogen) atoms. The van der Waals surface area contributed by atoms with Gasteiger partial charge in [0, 0.05) is 12.0 Å². The Balaban J connectivity index is 2.14. The molecule has 0 bridgehead atoms. The number of nitrogens with zero attached hydrogens (tertiary/aromatic N) is 1. The fourth-order valence-electron chi connectivity index (χ4n) is 3.41. The molecule has 0 amide bonds. The van der Waals surface area contributed by atoms with Crippen LogP contribution in [0.15, 0.2) is 24.3 Å². The zero-order chi connectivity index (χ0) is 11.3. The molecule has 3 atom stereocenters. The summed E-state index contributed by atoms with van der Waals surface area (Å²) in [7, 11) is 2.11. The maximum atomic E-state index is 10.4. The lowest BCUT2D eigenvalue weighted by Crippen LogP contribution is -2.41. The third-order valence-electron chi connectivity index (χ3n) is 4.25. The molecule has 1 fully saturated rings. The van der Waals surface area contributed by atoms with E-state index in [1.165, 1.54) is 5.56 Å². The van der Waals surface area contributed by atoms with Gasteiger partial charge in [-0.3, -0.25) is 0 Å². The average Bonchev–Trinajstić information content (AvgIpc) is 2.78. The molecule has 1 saturated heterocycles. The average molecular weight is 218 g/mol. The predicted molar refractivity (Wildman–Crippen MR) is 63.2 cm³/mol. The Morgan fingerprint density at radius 1 is 1.44 bits per heavy atom. The lowest BCUT2D eigenvalue weighted by Gasteiger charge is -2.29. The van der Waals surface area contributed by atoms with Gasteiger partial charge in [0.25, 0.3) is 0 Å². The molecule has 1 unspecified atom stereocenters. The Morgan fingerprint density at radius 2 is 2.19 bits per heavy atom. The van der Waals surface area contributed by atoms with E-state index in [1.54, 1.807) is 0 Å². The first kappa shape index (κ1) is 10.3. The van der Waals surface area contributed by atoms with Crippen LogP contribution in [0.3, 0.4) is 0 Å². The molecular weight excluding hydrogens is 200 g/mol. The van der Waals surface area contributed by atoms with Crippen LogP contribution in [0.2, 0.25) is 0 Å². The molecule has 1 aliphatic carbocycles.